The molecule has 2 aromatic rings. The van der Waals surface area contributed by atoms with E-state index in [4.69, 9.17) is 38.6 Å². The van der Waals surface area contributed by atoms with Crippen molar-refractivity contribution in [3.05, 3.63) is 58.0 Å². The number of thioether (sulfide) groups is 1. The molecule has 2 aromatic carbocycles. The van der Waals surface area contributed by atoms with E-state index >= 15 is 0 Å². The topological polar surface area (TPSA) is 62.6 Å². The third kappa shape index (κ3) is 4.47. The second kappa shape index (κ2) is 9.11. The minimum absolute atomic E-state index is 0.0703. The highest BCUT2D eigenvalue weighted by atomic mass is 35.5. The monoisotopic (exact) mass is 430 g/mol. The van der Waals surface area contributed by atoms with Crippen LogP contribution in [0.25, 0.3) is 6.08 Å². The number of carbonyl (C=O) groups excluding carboxylic acids is 1. The minimum Gasteiger partial charge on any atom is -0.490 e. The van der Waals surface area contributed by atoms with E-state index < -0.39 is 0 Å². The van der Waals surface area contributed by atoms with Gasteiger partial charge in [0.15, 0.2) is 22.4 Å². The van der Waals surface area contributed by atoms with Gasteiger partial charge in [0.25, 0.3) is 5.91 Å². The highest BCUT2D eigenvalue weighted by Gasteiger charge is 2.33. The van der Waals surface area contributed by atoms with Gasteiger partial charge in [0, 0.05) is 5.02 Å². The average Bonchev–Trinajstić information content (AvgIpc) is 2.95. The SMILES string of the molecule is CCOc1cc(/C=C2/SC(=S)N(c3ccc(Cl)cc3)C2=O)ccc1OCC#N. The second-order valence-electron chi connectivity index (χ2n) is 5.58. The van der Waals surface area contributed by atoms with Gasteiger partial charge in [-0.05, 0) is 55.0 Å². The highest BCUT2D eigenvalue weighted by molar-refractivity contribution is 8.27. The zero-order valence-corrected chi connectivity index (χ0v) is 17.2. The summed E-state index contributed by atoms with van der Waals surface area (Å²) in [4.78, 5) is 14.8. The molecule has 1 aliphatic rings. The summed E-state index contributed by atoms with van der Waals surface area (Å²) in [5.74, 6) is 0.800. The molecular formula is C20H15ClN2O3S2. The Kier molecular flexibility index (Phi) is 6.57. The van der Waals surface area contributed by atoms with Crippen LogP contribution in [-0.4, -0.2) is 23.4 Å². The van der Waals surface area contributed by atoms with Gasteiger partial charge in [-0.15, -0.1) is 0 Å². The summed E-state index contributed by atoms with van der Waals surface area (Å²) < 4.78 is 11.4. The fraction of sp³-hybridized carbons (Fsp3) is 0.150. The molecule has 0 aliphatic carbocycles. The third-order valence-corrected chi connectivity index (χ3v) is 5.29. The number of benzene rings is 2. The summed E-state index contributed by atoms with van der Waals surface area (Å²) in [7, 11) is 0. The van der Waals surface area contributed by atoms with Crippen molar-refractivity contribution in [3.63, 3.8) is 0 Å². The molecule has 0 radical (unpaired) electrons. The Morgan fingerprint density at radius 3 is 2.64 bits per heavy atom. The Bertz CT molecular complexity index is 984. The number of carbonyl (C=O) groups is 1. The molecule has 1 amide bonds. The molecule has 0 saturated carbocycles. The summed E-state index contributed by atoms with van der Waals surface area (Å²) in [5, 5.41) is 9.28. The van der Waals surface area contributed by atoms with Crippen molar-refractivity contribution in [2.24, 2.45) is 0 Å². The third-order valence-electron chi connectivity index (χ3n) is 3.74. The van der Waals surface area contributed by atoms with Gasteiger partial charge in [-0.2, -0.15) is 5.26 Å². The first kappa shape index (κ1) is 20.2. The number of nitrogens with zero attached hydrogens (tertiary/aromatic N) is 2. The van der Waals surface area contributed by atoms with E-state index in [0.717, 1.165) is 5.56 Å². The minimum atomic E-state index is -0.194. The molecule has 28 heavy (non-hydrogen) atoms. The predicted molar refractivity (Wildman–Crippen MR) is 116 cm³/mol. The van der Waals surface area contributed by atoms with Gasteiger partial charge in [0.05, 0.1) is 17.2 Å². The molecule has 0 unspecified atom stereocenters. The summed E-state index contributed by atoms with van der Waals surface area (Å²) in [6.07, 6.45) is 1.76. The average molecular weight is 431 g/mol. The van der Waals surface area contributed by atoms with E-state index in [1.165, 1.54) is 16.7 Å². The van der Waals surface area contributed by atoms with Crippen molar-refractivity contribution >= 4 is 57.6 Å². The molecule has 142 valence electrons. The van der Waals surface area contributed by atoms with Gasteiger partial charge < -0.3 is 9.47 Å². The molecule has 3 rings (SSSR count). The first-order valence-corrected chi connectivity index (χ1v) is 9.94. The van der Waals surface area contributed by atoms with Crippen LogP contribution in [0, 0.1) is 11.3 Å². The van der Waals surface area contributed by atoms with Crippen molar-refractivity contribution in [3.8, 4) is 17.6 Å². The quantitative estimate of drug-likeness (QED) is 0.472. The number of halogens is 1. The van der Waals surface area contributed by atoms with Crippen molar-refractivity contribution in [1.82, 2.24) is 0 Å². The van der Waals surface area contributed by atoms with Gasteiger partial charge in [-0.25, -0.2) is 0 Å². The van der Waals surface area contributed by atoms with Crippen LogP contribution in [0.15, 0.2) is 47.4 Å². The van der Waals surface area contributed by atoms with Crippen molar-refractivity contribution in [1.29, 1.82) is 5.26 Å². The van der Waals surface area contributed by atoms with Gasteiger partial charge in [0.1, 0.15) is 6.07 Å². The lowest BCUT2D eigenvalue weighted by molar-refractivity contribution is -0.113. The lowest BCUT2D eigenvalue weighted by Crippen LogP contribution is -2.27. The smallest absolute Gasteiger partial charge is 0.270 e. The summed E-state index contributed by atoms with van der Waals surface area (Å²) >= 11 is 12.5. The first-order valence-electron chi connectivity index (χ1n) is 8.33. The van der Waals surface area contributed by atoms with Crippen molar-refractivity contribution in [2.75, 3.05) is 18.1 Å². The molecule has 1 aliphatic heterocycles. The Labute approximate surface area is 177 Å². The molecule has 0 N–H and O–H groups in total. The maximum absolute atomic E-state index is 12.8. The van der Waals surface area contributed by atoms with E-state index in [2.05, 4.69) is 0 Å². The molecular weight excluding hydrogens is 416 g/mol. The van der Waals surface area contributed by atoms with Crippen LogP contribution in [0.5, 0.6) is 11.5 Å². The van der Waals surface area contributed by atoms with E-state index in [0.29, 0.717) is 38.0 Å². The second-order valence-corrected chi connectivity index (χ2v) is 7.69. The standard InChI is InChI=1S/C20H15ClN2O3S2/c1-2-25-17-11-13(3-8-16(17)26-10-9-22)12-18-19(24)23(20(27)28-18)15-6-4-14(21)5-7-15/h3-8,11-12H,2,10H2,1H3/b18-12+. The fourth-order valence-electron chi connectivity index (χ4n) is 2.54. The van der Waals surface area contributed by atoms with Crippen molar-refractivity contribution in [2.45, 2.75) is 6.92 Å². The van der Waals surface area contributed by atoms with Crippen LogP contribution >= 0.6 is 35.6 Å². The Morgan fingerprint density at radius 1 is 1.21 bits per heavy atom. The van der Waals surface area contributed by atoms with Crippen LogP contribution in [0.4, 0.5) is 5.69 Å². The normalized spacial score (nSPS) is 15.0. The number of rotatable bonds is 6. The fourth-order valence-corrected chi connectivity index (χ4v) is 3.97. The number of hydrogen-bond donors (Lipinski definition) is 0. The van der Waals surface area contributed by atoms with Crippen LogP contribution in [-0.2, 0) is 4.79 Å². The Hall–Kier alpha value is -2.53. The summed E-state index contributed by atoms with van der Waals surface area (Å²) in [6.45, 7) is 2.24. The van der Waals surface area contributed by atoms with Crippen LogP contribution < -0.4 is 14.4 Å². The zero-order chi connectivity index (χ0) is 20.1. The maximum Gasteiger partial charge on any atom is 0.270 e. The summed E-state index contributed by atoms with van der Waals surface area (Å²) in [5.41, 5.74) is 1.44. The number of thiocarbonyl (C=S) groups is 1. The molecule has 0 aromatic heterocycles. The number of nitriles is 1. The molecule has 0 atom stereocenters. The molecule has 8 heteroatoms. The summed E-state index contributed by atoms with van der Waals surface area (Å²) in [6, 6.07) is 14.1. The van der Waals surface area contributed by atoms with Gasteiger partial charge in [-0.3, -0.25) is 9.69 Å². The number of anilines is 1. The van der Waals surface area contributed by atoms with E-state index in [9.17, 15) is 4.79 Å². The molecule has 0 bridgehead atoms. The molecule has 5 nitrogen and oxygen atoms in total. The molecule has 0 spiro atoms. The van der Waals surface area contributed by atoms with Gasteiger partial charge in [-0.1, -0.05) is 41.6 Å². The number of hydrogen-bond acceptors (Lipinski definition) is 6. The molecule has 1 heterocycles. The first-order chi connectivity index (χ1) is 13.5. The lowest BCUT2D eigenvalue weighted by atomic mass is 10.1. The number of amides is 1. The highest BCUT2D eigenvalue weighted by Crippen LogP contribution is 2.37. The van der Waals surface area contributed by atoms with E-state index in [1.807, 2.05) is 13.0 Å². The van der Waals surface area contributed by atoms with Crippen LogP contribution in [0.2, 0.25) is 5.02 Å². The number of ether oxygens (including phenoxy) is 2. The Balaban J connectivity index is 1.88. The van der Waals surface area contributed by atoms with Gasteiger partial charge in [0.2, 0.25) is 0 Å². The maximum atomic E-state index is 12.8. The van der Waals surface area contributed by atoms with Gasteiger partial charge >= 0.3 is 0 Å². The molecule has 1 fully saturated rings. The largest absolute Gasteiger partial charge is 0.490 e. The predicted octanol–water partition coefficient (Wildman–Crippen LogP) is 5.05. The van der Waals surface area contributed by atoms with Crippen molar-refractivity contribution < 1.29 is 14.3 Å². The van der Waals surface area contributed by atoms with E-state index in [-0.39, 0.29) is 12.5 Å². The zero-order valence-electron chi connectivity index (χ0n) is 14.8. The lowest BCUT2D eigenvalue weighted by Gasteiger charge is -2.14. The Morgan fingerprint density at radius 2 is 1.96 bits per heavy atom. The van der Waals surface area contributed by atoms with Crippen LogP contribution in [0.3, 0.4) is 0 Å². The van der Waals surface area contributed by atoms with E-state index in [1.54, 1.807) is 48.5 Å². The van der Waals surface area contributed by atoms with Crippen LogP contribution in [0.1, 0.15) is 12.5 Å². The molecule has 1 saturated heterocycles.